The largest absolute Gasteiger partial charge is 0.310 e. The Morgan fingerprint density at radius 3 is 1.20 bits per heavy atom. The molecule has 0 fully saturated rings. The Hall–Kier alpha value is -10.5. The van der Waals surface area contributed by atoms with Crippen LogP contribution >= 0.6 is 0 Å². The van der Waals surface area contributed by atoms with Crippen LogP contribution in [0.3, 0.4) is 0 Å². The minimum Gasteiger partial charge on any atom is -0.310 e. The van der Waals surface area contributed by atoms with Crippen molar-refractivity contribution < 1.29 is 0 Å². The van der Waals surface area contributed by atoms with Gasteiger partial charge in [-0.1, -0.05) is 293 Å². The van der Waals surface area contributed by atoms with E-state index in [1.807, 2.05) is 0 Å². The van der Waals surface area contributed by atoms with Crippen LogP contribution in [0.4, 0.5) is 34.1 Å². The van der Waals surface area contributed by atoms with Gasteiger partial charge in [-0.05, 0) is 138 Å². The summed E-state index contributed by atoms with van der Waals surface area (Å²) < 4.78 is 0. The van der Waals surface area contributed by atoms with Crippen molar-refractivity contribution in [2.45, 2.75) is 30.1 Å². The topological polar surface area (TPSA) is 6.48 Å². The van der Waals surface area contributed by atoms with Gasteiger partial charge in [-0.15, -0.1) is 0 Å². The standard InChI is InChI=1S/C83H60N2/c1-81(2)71-47-20-15-44-68(71)69-46-27-54-78(80(69)81)85(76-52-24-19-41-65(76)57-29-7-3-8-30-57)64-40-26-39-63(56-64)84(62-38-25-37-61(55-62)83(60-35-13-6-14-36-60)72-48-21-16-42-66(72)67-43-17-22-49-73(67)83)77-53-28-51-75-79(77)70-45-18-23-50-74(70)82(75,58-31-9-4-10-32-58)59-33-11-5-12-34-59/h3-56H,1-2H3. The van der Waals surface area contributed by atoms with Crippen molar-refractivity contribution in [2.75, 3.05) is 9.80 Å². The minimum absolute atomic E-state index is 0.291. The number of hydrogen-bond donors (Lipinski definition) is 0. The molecule has 0 atom stereocenters. The first-order valence-electron chi connectivity index (χ1n) is 29.8. The first-order chi connectivity index (χ1) is 42.0. The maximum atomic E-state index is 2.57. The van der Waals surface area contributed by atoms with E-state index in [9.17, 15) is 0 Å². The molecule has 13 aromatic carbocycles. The Bertz CT molecular complexity index is 4610. The first-order valence-corrected chi connectivity index (χ1v) is 29.8. The van der Waals surface area contributed by atoms with Crippen molar-refractivity contribution in [1.29, 1.82) is 0 Å². The molecule has 0 saturated heterocycles. The zero-order chi connectivity index (χ0) is 56.7. The van der Waals surface area contributed by atoms with E-state index in [-0.39, 0.29) is 5.41 Å². The third-order valence-corrected chi connectivity index (χ3v) is 18.8. The van der Waals surface area contributed by atoms with Gasteiger partial charge in [0.25, 0.3) is 0 Å². The van der Waals surface area contributed by atoms with Crippen LogP contribution in [-0.2, 0) is 16.2 Å². The van der Waals surface area contributed by atoms with Crippen LogP contribution in [0.1, 0.15) is 69.5 Å². The second kappa shape index (κ2) is 19.8. The second-order valence-electron chi connectivity index (χ2n) is 23.4. The molecule has 3 aliphatic carbocycles. The summed E-state index contributed by atoms with van der Waals surface area (Å²) in [6.07, 6.45) is 0. The van der Waals surface area contributed by atoms with Crippen molar-refractivity contribution in [3.8, 4) is 44.5 Å². The summed E-state index contributed by atoms with van der Waals surface area (Å²) in [5, 5.41) is 0. The Kier molecular flexibility index (Phi) is 11.7. The molecule has 0 radical (unpaired) electrons. The fourth-order valence-corrected chi connectivity index (χ4v) is 15.4. The fourth-order valence-electron chi connectivity index (χ4n) is 15.4. The van der Waals surface area contributed by atoms with Crippen LogP contribution in [0.2, 0.25) is 0 Å². The van der Waals surface area contributed by atoms with E-state index < -0.39 is 10.8 Å². The number of benzene rings is 13. The highest BCUT2D eigenvalue weighted by atomic mass is 15.2. The summed E-state index contributed by atoms with van der Waals surface area (Å²) in [4.78, 5) is 5.11. The highest BCUT2D eigenvalue weighted by molar-refractivity contribution is 6.00. The molecule has 13 aromatic rings. The van der Waals surface area contributed by atoms with Gasteiger partial charge in [-0.25, -0.2) is 0 Å². The quantitative estimate of drug-likeness (QED) is 0.127. The summed E-state index contributed by atoms with van der Waals surface area (Å²) in [6, 6.07) is 122. The highest BCUT2D eigenvalue weighted by Gasteiger charge is 2.49. The molecular formula is C83H60N2. The molecule has 0 heterocycles. The van der Waals surface area contributed by atoms with E-state index in [0.29, 0.717) is 0 Å². The molecule has 0 aromatic heterocycles. The third-order valence-electron chi connectivity index (χ3n) is 18.8. The second-order valence-corrected chi connectivity index (χ2v) is 23.4. The van der Waals surface area contributed by atoms with Crippen LogP contribution in [0.15, 0.2) is 328 Å². The van der Waals surface area contributed by atoms with Crippen LogP contribution < -0.4 is 9.80 Å². The van der Waals surface area contributed by atoms with Gasteiger partial charge in [0.2, 0.25) is 0 Å². The average Bonchev–Trinajstić information content (AvgIpc) is 1.82. The Balaban J connectivity index is 0.991. The molecule has 0 aliphatic heterocycles. The van der Waals surface area contributed by atoms with Crippen LogP contribution in [0, 0.1) is 0 Å². The van der Waals surface area contributed by atoms with Crippen molar-refractivity contribution >= 4 is 34.1 Å². The van der Waals surface area contributed by atoms with Crippen LogP contribution in [-0.4, -0.2) is 0 Å². The van der Waals surface area contributed by atoms with E-state index >= 15 is 0 Å². The number of hydrogen-bond acceptors (Lipinski definition) is 2. The summed E-state index contributed by atoms with van der Waals surface area (Å²) in [5.41, 5.74) is 27.5. The molecule has 0 N–H and O–H groups in total. The van der Waals surface area contributed by atoms with Crippen LogP contribution in [0.5, 0.6) is 0 Å². The lowest BCUT2D eigenvalue weighted by molar-refractivity contribution is 0.661. The van der Waals surface area contributed by atoms with E-state index in [1.165, 1.54) is 89.0 Å². The number of rotatable bonds is 11. The number of para-hydroxylation sites is 1. The smallest absolute Gasteiger partial charge is 0.0714 e. The van der Waals surface area contributed by atoms with Crippen molar-refractivity contribution in [1.82, 2.24) is 0 Å². The molecule has 402 valence electrons. The van der Waals surface area contributed by atoms with Gasteiger partial charge in [0.15, 0.2) is 0 Å². The molecule has 0 amide bonds. The number of anilines is 6. The van der Waals surface area contributed by atoms with Crippen molar-refractivity contribution in [3.63, 3.8) is 0 Å². The maximum Gasteiger partial charge on any atom is 0.0714 e. The molecule has 2 nitrogen and oxygen atoms in total. The molecule has 85 heavy (non-hydrogen) atoms. The van der Waals surface area contributed by atoms with Gasteiger partial charge in [0.1, 0.15) is 0 Å². The fraction of sp³-hybridized carbons (Fsp3) is 0.0602. The SMILES string of the molecule is CC1(C)c2ccccc2-c2cccc(N(c3cccc(N(c4cccc(C5(c6ccccc6)c6ccccc6-c6ccccc65)c4)c4cccc5c4-c4ccccc4C5(c4ccccc4)c4ccccc4)c3)c3ccccc3-c3ccccc3)c21. The van der Waals surface area contributed by atoms with Gasteiger partial charge in [-0.2, -0.15) is 0 Å². The van der Waals surface area contributed by atoms with E-state index in [4.69, 9.17) is 0 Å². The molecule has 16 rings (SSSR count). The average molecular weight is 1090 g/mol. The van der Waals surface area contributed by atoms with E-state index in [0.717, 1.165) is 45.3 Å². The van der Waals surface area contributed by atoms with E-state index in [1.54, 1.807) is 0 Å². The van der Waals surface area contributed by atoms with Gasteiger partial charge >= 0.3 is 0 Å². The monoisotopic (exact) mass is 1080 g/mol. The van der Waals surface area contributed by atoms with Gasteiger partial charge < -0.3 is 9.80 Å². The Labute approximate surface area is 498 Å². The molecule has 0 saturated carbocycles. The third kappa shape index (κ3) is 7.45. The summed E-state index contributed by atoms with van der Waals surface area (Å²) >= 11 is 0. The number of fused-ring (bicyclic) bond motifs is 9. The van der Waals surface area contributed by atoms with Crippen molar-refractivity contribution in [3.05, 3.63) is 383 Å². The van der Waals surface area contributed by atoms with Crippen molar-refractivity contribution in [2.24, 2.45) is 0 Å². The Morgan fingerprint density at radius 2 is 0.600 bits per heavy atom. The zero-order valence-corrected chi connectivity index (χ0v) is 47.6. The predicted octanol–water partition coefficient (Wildman–Crippen LogP) is 21.3. The first kappa shape index (κ1) is 50.2. The number of nitrogens with zero attached hydrogens (tertiary/aromatic N) is 2. The van der Waals surface area contributed by atoms with E-state index in [2.05, 4.69) is 351 Å². The van der Waals surface area contributed by atoms with Gasteiger partial charge in [0, 0.05) is 33.6 Å². The zero-order valence-electron chi connectivity index (χ0n) is 47.6. The van der Waals surface area contributed by atoms with Gasteiger partial charge in [-0.3, -0.25) is 0 Å². The minimum atomic E-state index is -0.616. The molecule has 0 unspecified atom stereocenters. The molecular weight excluding hydrogens is 1020 g/mol. The van der Waals surface area contributed by atoms with Gasteiger partial charge in [0.05, 0.1) is 27.9 Å². The Morgan fingerprint density at radius 1 is 0.235 bits per heavy atom. The maximum absolute atomic E-state index is 2.57. The lowest BCUT2D eigenvalue weighted by Crippen LogP contribution is -2.29. The summed E-state index contributed by atoms with van der Waals surface area (Å²) in [7, 11) is 0. The predicted molar refractivity (Wildman–Crippen MR) is 353 cm³/mol. The lowest BCUT2D eigenvalue weighted by atomic mass is 9.67. The molecule has 3 aliphatic rings. The highest BCUT2D eigenvalue weighted by Crippen LogP contribution is 2.62. The summed E-state index contributed by atoms with van der Waals surface area (Å²) in [5.74, 6) is 0. The summed E-state index contributed by atoms with van der Waals surface area (Å²) in [6.45, 7) is 4.80. The lowest BCUT2D eigenvalue weighted by Gasteiger charge is -2.36. The molecule has 2 heteroatoms. The van der Waals surface area contributed by atoms with Crippen LogP contribution in [0.25, 0.3) is 44.5 Å². The normalized spacial score (nSPS) is 14.0. The molecule has 0 spiro atoms. The molecule has 0 bridgehead atoms.